The van der Waals surface area contributed by atoms with Crippen LogP contribution < -0.4 is 5.56 Å². The molecule has 3 heterocycles. The first-order valence-corrected chi connectivity index (χ1v) is 8.36. The molecular weight excluding hydrogens is 330 g/mol. The van der Waals surface area contributed by atoms with E-state index >= 15 is 0 Å². The van der Waals surface area contributed by atoms with Gasteiger partial charge < -0.3 is 0 Å². The molecule has 8 heteroatoms. The summed E-state index contributed by atoms with van der Waals surface area (Å²) in [4.78, 5) is 17.4. The molecule has 0 spiro atoms. The minimum absolute atomic E-state index is 0.0872. The summed E-state index contributed by atoms with van der Waals surface area (Å²) in [6.07, 6.45) is 5.72. The molecule has 8 nitrogen and oxygen atoms in total. The van der Waals surface area contributed by atoms with Crippen molar-refractivity contribution in [3.05, 3.63) is 46.6 Å². The van der Waals surface area contributed by atoms with Gasteiger partial charge in [0.15, 0.2) is 0 Å². The van der Waals surface area contributed by atoms with Crippen LogP contribution in [0.4, 0.5) is 0 Å². The number of aromatic nitrogens is 6. The van der Waals surface area contributed by atoms with Crippen LogP contribution in [-0.4, -0.2) is 28.9 Å². The van der Waals surface area contributed by atoms with Gasteiger partial charge in [-0.15, -0.1) is 9.78 Å². The molecule has 0 N–H and O–H groups in total. The fourth-order valence-corrected chi connectivity index (χ4v) is 3.54. The van der Waals surface area contributed by atoms with Gasteiger partial charge in [0.1, 0.15) is 23.4 Å². The van der Waals surface area contributed by atoms with Crippen molar-refractivity contribution in [3.63, 3.8) is 0 Å². The predicted octanol–water partition coefficient (Wildman–Crippen LogP) is 1.83. The SMILES string of the molecule is Cn1c(=O)c2ccccc2n2cnc(-c3c(C4(C)CC4)nnn3C#N)c12. The van der Waals surface area contributed by atoms with Crippen molar-refractivity contribution >= 4 is 16.6 Å². The Bertz CT molecular complexity index is 1300. The minimum atomic E-state index is -0.106. The Labute approximate surface area is 147 Å². The lowest BCUT2D eigenvalue weighted by molar-refractivity contribution is 0.735. The van der Waals surface area contributed by atoms with E-state index in [2.05, 4.69) is 22.2 Å². The minimum Gasteiger partial charge on any atom is -0.295 e. The van der Waals surface area contributed by atoms with Crippen molar-refractivity contribution in [1.29, 1.82) is 5.26 Å². The summed E-state index contributed by atoms with van der Waals surface area (Å²) in [5.41, 5.74) is 3.09. The van der Waals surface area contributed by atoms with E-state index in [4.69, 9.17) is 0 Å². The Kier molecular flexibility index (Phi) is 2.73. The molecule has 0 unspecified atom stereocenters. The predicted molar refractivity (Wildman–Crippen MR) is 94.6 cm³/mol. The van der Waals surface area contributed by atoms with Crippen LogP contribution in [-0.2, 0) is 12.5 Å². The lowest BCUT2D eigenvalue weighted by Crippen LogP contribution is -2.20. The van der Waals surface area contributed by atoms with Crippen LogP contribution in [0, 0.1) is 11.5 Å². The van der Waals surface area contributed by atoms with Gasteiger partial charge in [0.25, 0.3) is 5.56 Å². The number of fused-ring (bicyclic) bond motifs is 3. The summed E-state index contributed by atoms with van der Waals surface area (Å²) in [6, 6.07) is 7.42. The van der Waals surface area contributed by atoms with Crippen LogP contribution in [0.25, 0.3) is 27.9 Å². The molecule has 1 fully saturated rings. The third-order valence-corrected chi connectivity index (χ3v) is 5.32. The van der Waals surface area contributed by atoms with E-state index in [-0.39, 0.29) is 11.0 Å². The molecule has 128 valence electrons. The molecule has 0 aliphatic heterocycles. The van der Waals surface area contributed by atoms with Crippen LogP contribution in [0.5, 0.6) is 0 Å². The maximum absolute atomic E-state index is 12.8. The van der Waals surface area contributed by atoms with Gasteiger partial charge in [0.2, 0.25) is 6.19 Å². The Balaban J connectivity index is 1.93. The van der Waals surface area contributed by atoms with Crippen molar-refractivity contribution in [3.8, 4) is 17.6 Å². The number of benzene rings is 1. The smallest absolute Gasteiger partial charge is 0.261 e. The normalized spacial score (nSPS) is 15.4. The van der Waals surface area contributed by atoms with Crippen LogP contribution in [0.2, 0.25) is 0 Å². The lowest BCUT2D eigenvalue weighted by Gasteiger charge is -2.10. The highest BCUT2D eigenvalue weighted by molar-refractivity contribution is 5.85. The Hall–Kier alpha value is -3.47. The van der Waals surface area contributed by atoms with E-state index in [0.717, 1.165) is 24.1 Å². The first kappa shape index (κ1) is 14.8. The maximum Gasteiger partial charge on any atom is 0.261 e. The van der Waals surface area contributed by atoms with Gasteiger partial charge in [-0.05, 0) is 25.0 Å². The summed E-state index contributed by atoms with van der Waals surface area (Å²) < 4.78 is 4.64. The number of nitrogens with zero attached hydrogens (tertiary/aromatic N) is 7. The number of rotatable bonds is 2. The van der Waals surface area contributed by atoms with Crippen LogP contribution >= 0.6 is 0 Å². The molecule has 26 heavy (non-hydrogen) atoms. The van der Waals surface area contributed by atoms with E-state index in [9.17, 15) is 10.1 Å². The topological polar surface area (TPSA) is 93.8 Å². The van der Waals surface area contributed by atoms with Crippen molar-refractivity contribution in [2.45, 2.75) is 25.2 Å². The molecule has 3 aromatic heterocycles. The number of aryl methyl sites for hydroxylation is 1. The first-order chi connectivity index (χ1) is 12.5. The molecule has 0 radical (unpaired) electrons. The molecule has 0 saturated heterocycles. The molecule has 0 atom stereocenters. The molecule has 1 aliphatic rings. The zero-order chi connectivity index (χ0) is 18.1. The van der Waals surface area contributed by atoms with E-state index in [1.54, 1.807) is 24.0 Å². The lowest BCUT2D eigenvalue weighted by atomic mass is 10.0. The fraction of sp³-hybridized carbons (Fsp3) is 0.278. The summed E-state index contributed by atoms with van der Waals surface area (Å²) in [5.74, 6) is 0. The zero-order valence-corrected chi connectivity index (χ0v) is 14.3. The number of nitriles is 1. The molecule has 4 aromatic rings. The van der Waals surface area contributed by atoms with Gasteiger partial charge in [-0.25, -0.2) is 4.98 Å². The van der Waals surface area contributed by atoms with E-state index in [1.165, 1.54) is 4.68 Å². The second kappa shape index (κ2) is 4.79. The molecule has 0 amide bonds. The standard InChI is InChI=1S/C18H15N7O/c1-18(7-8-18)15-14(25(9-19)22-21-15)13-16-23(2)17(26)11-5-3-4-6-12(11)24(16)10-20-13/h3-6,10H,7-8H2,1-2H3. The average molecular weight is 345 g/mol. The van der Waals surface area contributed by atoms with Crippen LogP contribution in [0.1, 0.15) is 25.5 Å². The number of hydrogen-bond donors (Lipinski definition) is 0. The van der Waals surface area contributed by atoms with Gasteiger partial charge in [-0.3, -0.25) is 13.8 Å². The van der Waals surface area contributed by atoms with Crippen molar-refractivity contribution in [2.75, 3.05) is 0 Å². The third kappa shape index (κ3) is 1.77. The van der Waals surface area contributed by atoms with Crippen LogP contribution in [0.15, 0.2) is 35.4 Å². The molecule has 1 aliphatic carbocycles. The number of para-hydroxylation sites is 1. The van der Waals surface area contributed by atoms with E-state index in [0.29, 0.717) is 22.4 Å². The highest BCUT2D eigenvalue weighted by Crippen LogP contribution is 2.49. The number of imidazole rings is 1. The quantitative estimate of drug-likeness (QED) is 0.552. The van der Waals surface area contributed by atoms with Crippen LogP contribution in [0.3, 0.4) is 0 Å². The van der Waals surface area contributed by atoms with Gasteiger partial charge in [-0.2, -0.15) is 5.26 Å². The van der Waals surface area contributed by atoms with E-state index < -0.39 is 0 Å². The Morgan fingerprint density at radius 3 is 2.77 bits per heavy atom. The van der Waals surface area contributed by atoms with Gasteiger partial charge in [0, 0.05) is 12.5 Å². The Morgan fingerprint density at radius 2 is 2.04 bits per heavy atom. The summed E-state index contributed by atoms with van der Waals surface area (Å²) in [6.45, 7) is 2.11. The molecule has 1 saturated carbocycles. The highest BCUT2D eigenvalue weighted by atomic mass is 16.1. The monoisotopic (exact) mass is 345 g/mol. The summed E-state index contributed by atoms with van der Waals surface area (Å²) in [7, 11) is 1.72. The fourth-order valence-electron chi connectivity index (χ4n) is 3.54. The molecule has 0 bridgehead atoms. The van der Waals surface area contributed by atoms with Gasteiger partial charge >= 0.3 is 0 Å². The van der Waals surface area contributed by atoms with Crippen molar-refractivity contribution in [1.82, 2.24) is 28.9 Å². The third-order valence-electron chi connectivity index (χ3n) is 5.32. The first-order valence-electron chi connectivity index (χ1n) is 8.36. The largest absolute Gasteiger partial charge is 0.295 e. The van der Waals surface area contributed by atoms with Gasteiger partial charge in [-0.1, -0.05) is 24.3 Å². The Morgan fingerprint density at radius 1 is 1.27 bits per heavy atom. The molecule has 1 aromatic carbocycles. The summed E-state index contributed by atoms with van der Waals surface area (Å²) in [5, 5.41) is 18.3. The second-order valence-corrected chi connectivity index (χ2v) is 7.03. The van der Waals surface area contributed by atoms with Crippen molar-refractivity contribution < 1.29 is 0 Å². The number of hydrogen-bond acceptors (Lipinski definition) is 5. The van der Waals surface area contributed by atoms with Gasteiger partial charge in [0.05, 0.1) is 16.6 Å². The molecule has 5 rings (SSSR count). The maximum atomic E-state index is 12.8. The summed E-state index contributed by atoms with van der Waals surface area (Å²) >= 11 is 0. The van der Waals surface area contributed by atoms with Crippen molar-refractivity contribution in [2.24, 2.45) is 7.05 Å². The van der Waals surface area contributed by atoms with E-state index in [1.807, 2.05) is 28.8 Å². The second-order valence-electron chi connectivity index (χ2n) is 7.03. The highest BCUT2D eigenvalue weighted by Gasteiger charge is 2.45. The molecular formula is C18H15N7O. The average Bonchev–Trinajstić information content (AvgIpc) is 3.10. The zero-order valence-electron chi connectivity index (χ0n) is 14.3.